The molecule has 0 spiro atoms. The van der Waals surface area contributed by atoms with E-state index < -0.39 is 11.7 Å². The molecule has 0 heterocycles. The van der Waals surface area contributed by atoms with E-state index in [1.165, 1.54) is 30.3 Å². The molecule has 5 nitrogen and oxygen atoms in total. The summed E-state index contributed by atoms with van der Waals surface area (Å²) in [6.07, 6.45) is 1.46. The molecule has 2 aromatic rings. The largest absolute Gasteiger partial charge is 0.492 e. The van der Waals surface area contributed by atoms with Crippen LogP contribution in [-0.2, 0) is 4.79 Å². The van der Waals surface area contributed by atoms with Crippen molar-refractivity contribution in [1.29, 1.82) is 5.26 Å². The van der Waals surface area contributed by atoms with E-state index in [4.69, 9.17) is 9.47 Å². The number of methoxy groups -OCH3 is 1. The van der Waals surface area contributed by atoms with Gasteiger partial charge in [0, 0.05) is 5.69 Å². The lowest BCUT2D eigenvalue weighted by Gasteiger charge is -2.12. The maximum atomic E-state index is 12.9. The highest BCUT2D eigenvalue weighted by molar-refractivity contribution is 14.1. The lowest BCUT2D eigenvalue weighted by molar-refractivity contribution is -0.112. The molecule has 0 saturated heterocycles. The third-order valence-electron chi connectivity index (χ3n) is 3.31. The molecule has 2 rings (SSSR count). The van der Waals surface area contributed by atoms with Crippen molar-refractivity contribution in [3.8, 4) is 17.6 Å². The highest BCUT2D eigenvalue weighted by atomic mass is 127. The van der Waals surface area contributed by atoms with Gasteiger partial charge in [0.05, 0.1) is 17.3 Å². The molecule has 26 heavy (non-hydrogen) atoms. The predicted octanol–water partition coefficient (Wildman–Crippen LogP) is 4.38. The van der Waals surface area contributed by atoms with E-state index >= 15 is 0 Å². The van der Waals surface area contributed by atoms with Gasteiger partial charge in [-0.05, 0) is 77.6 Å². The van der Waals surface area contributed by atoms with Gasteiger partial charge < -0.3 is 14.8 Å². The van der Waals surface area contributed by atoms with Crippen molar-refractivity contribution < 1.29 is 18.7 Å². The third kappa shape index (κ3) is 4.95. The van der Waals surface area contributed by atoms with Crippen LogP contribution >= 0.6 is 22.6 Å². The Bertz CT molecular complexity index is 874. The Hall–Kier alpha value is -2.60. The lowest BCUT2D eigenvalue weighted by Crippen LogP contribution is -2.13. The van der Waals surface area contributed by atoms with Gasteiger partial charge in [-0.1, -0.05) is 0 Å². The lowest BCUT2D eigenvalue weighted by atomic mass is 10.1. The molecule has 0 aliphatic rings. The van der Waals surface area contributed by atoms with E-state index in [0.717, 1.165) is 3.57 Å². The van der Waals surface area contributed by atoms with Crippen LogP contribution in [0.2, 0.25) is 0 Å². The average molecular weight is 466 g/mol. The maximum absolute atomic E-state index is 12.9. The van der Waals surface area contributed by atoms with Gasteiger partial charge in [-0.25, -0.2) is 4.39 Å². The van der Waals surface area contributed by atoms with Crippen molar-refractivity contribution in [3.05, 3.63) is 56.9 Å². The van der Waals surface area contributed by atoms with Crippen molar-refractivity contribution in [2.24, 2.45) is 0 Å². The van der Waals surface area contributed by atoms with Crippen LogP contribution in [0.25, 0.3) is 6.08 Å². The van der Waals surface area contributed by atoms with Gasteiger partial charge in [0.2, 0.25) is 0 Å². The molecule has 1 amide bonds. The second kappa shape index (κ2) is 9.20. The molecule has 0 aromatic heterocycles. The van der Waals surface area contributed by atoms with Gasteiger partial charge in [-0.15, -0.1) is 0 Å². The van der Waals surface area contributed by atoms with E-state index in [0.29, 0.717) is 29.4 Å². The summed E-state index contributed by atoms with van der Waals surface area (Å²) < 4.78 is 24.6. The Balaban J connectivity index is 2.31. The van der Waals surface area contributed by atoms with Crippen LogP contribution in [0, 0.1) is 20.7 Å². The van der Waals surface area contributed by atoms with Crippen LogP contribution < -0.4 is 14.8 Å². The number of anilines is 1. The highest BCUT2D eigenvalue weighted by Gasteiger charge is 2.13. The van der Waals surface area contributed by atoms with Crippen LogP contribution in [0.15, 0.2) is 42.0 Å². The molecule has 0 bridgehead atoms. The Morgan fingerprint density at radius 2 is 2.04 bits per heavy atom. The normalized spacial score (nSPS) is 10.8. The minimum atomic E-state index is -0.581. The zero-order valence-electron chi connectivity index (χ0n) is 14.2. The molecule has 0 radical (unpaired) electrons. The summed E-state index contributed by atoms with van der Waals surface area (Å²) in [4.78, 5) is 12.3. The van der Waals surface area contributed by atoms with Crippen molar-refractivity contribution in [1.82, 2.24) is 0 Å². The fourth-order valence-electron chi connectivity index (χ4n) is 2.18. The van der Waals surface area contributed by atoms with Crippen molar-refractivity contribution in [2.45, 2.75) is 6.92 Å². The second-order valence-electron chi connectivity index (χ2n) is 5.10. The van der Waals surface area contributed by atoms with Gasteiger partial charge >= 0.3 is 0 Å². The first-order valence-electron chi connectivity index (χ1n) is 7.67. The minimum absolute atomic E-state index is 0.0854. The first kappa shape index (κ1) is 19.7. The second-order valence-corrected chi connectivity index (χ2v) is 6.26. The Morgan fingerprint density at radius 1 is 1.35 bits per heavy atom. The van der Waals surface area contributed by atoms with Crippen molar-refractivity contribution in [2.75, 3.05) is 19.0 Å². The number of nitriles is 1. The number of ether oxygens (including phenoxy) is 2. The van der Waals surface area contributed by atoms with Crippen LogP contribution in [-0.4, -0.2) is 19.6 Å². The third-order valence-corrected chi connectivity index (χ3v) is 4.12. The first-order chi connectivity index (χ1) is 12.5. The van der Waals surface area contributed by atoms with Crippen LogP contribution in [0.4, 0.5) is 10.1 Å². The topological polar surface area (TPSA) is 71.3 Å². The monoisotopic (exact) mass is 466 g/mol. The number of halogens is 2. The molecule has 0 aliphatic heterocycles. The van der Waals surface area contributed by atoms with E-state index in [1.807, 2.05) is 13.0 Å². The van der Waals surface area contributed by atoms with E-state index in [1.54, 1.807) is 19.2 Å². The summed E-state index contributed by atoms with van der Waals surface area (Å²) in [5.41, 5.74) is 0.944. The summed E-state index contributed by atoms with van der Waals surface area (Å²) >= 11 is 2.10. The van der Waals surface area contributed by atoms with Crippen LogP contribution in [0.1, 0.15) is 12.5 Å². The van der Waals surface area contributed by atoms with Gasteiger partial charge in [0.25, 0.3) is 5.91 Å². The quantitative estimate of drug-likeness (QED) is 0.390. The summed E-state index contributed by atoms with van der Waals surface area (Å²) in [7, 11) is 1.55. The highest BCUT2D eigenvalue weighted by Crippen LogP contribution is 2.34. The number of amides is 1. The molecule has 0 aliphatic carbocycles. The molecular weight excluding hydrogens is 450 g/mol. The molecule has 0 fully saturated rings. The standard InChI is InChI=1S/C19H16FIN2O3/c1-3-26-17-10-12(9-16(21)18(17)25-2)8-13(11-22)19(24)23-15-6-4-14(20)5-7-15/h4-10H,3H2,1-2H3,(H,23,24)/b13-8-. The zero-order chi connectivity index (χ0) is 19.1. The number of benzene rings is 2. The molecule has 0 saturated carbocycles. The number of nitrogens with one attached hydrogen (secondary N) is 1. The van der Waals surface area contributed by atoms with Gasteiger partial charge in [-0.2, -0.15) is 5.26 Å². The molecule has 0 unspecified atom stereocenters. The minimum Gasteiger partial charge on any atom is -0.492 e. The summed E-state index contributed by atoms with van der Waals surface area (Å²) in [6, 6.07) is 10.7. The number of carbonyl (C=O) groups excluding carboxylic acids is 1. The van der Waals surface area contributed by atoms with Crippen LogP contribution in [0.3, 0.4) is 0 Å². The first-order valence-corrected chi connectivity index (χ1v) is 8.75. The summed E-state index contributed by atoms with van der Waals surface area (Å²) in [5, 5.41) is 11.9. The molecule has 2 aromatic carbocycles. The van der Waals surface area contributed by atoms with E-state index in [9.17, 15) is 14.4 Å². The van der Waals surface area contributed by atoms with Gasteiger partial charge in [0.15, 0.2) is 11.5 Å². The Morgan fingerprint density at radius 3 is 2.62 bits per heavy atom. The Labute approximate surface area is 164 Å². The fraction of sp³-hybridized carbons (Fsp3) is 0.158. The number of hydrogen-bond donors (Lipinski definition) is 1. The van der Waals surface area contributed by atoms with Crippen molar-refractivity contribution in [3.63, 3.8) is 0 Å². The van der Waals surface area contributed by atoms with E-state index in [2.05, 4.69) is 27.9 Å². The molecular formula is C19H16FIN2O3. The van der Waals surface area contributed by atoms with Gasteiger partial charge in [0.1, 0.15) is 17.5 Å². The predicted molar refractivity (Wildman–Crippen MR) is 105 cm³/mol. The zero-order valence-corrected chi connectivity index (χ0v) is 16.3. The summed E-state index contributed by atoms with van der Waals surface area (Å²) in [6.45, 7) is 2.31. The maximum Gasteiger partial charge on any atom is 0.266 e. The number of carbonyl (C=O) groups is 1. The SMILES string of the molecule is CCOc1cc(/C=C(/C#N)C(=O)Nc2ccc(F)cc2)cc(I)c1OC. The Kier molecular flexibility index (Phi) is 6.97. The molecule has 7 heteroatoms. The van der Waals surface area contributed by atoms with Crippen molar-refractivity contribution >= 4 is 40.3 Å². The molecule has 134 valence electrons. The van der Waals surface area contributed by atoms with Gasteiger partial charge in [-0.3, -0.25) is 4.79 Å². The average Bonchev–Trinajstić information content (AvgIpc) is 2.61. The number of rotatable bonds is 6. The van der Waals surface area contributed by atoms with E-state index in [-0.39, 0.29) is 5.57 Å². The molecule has 1 N–H and O–H groups in total. The number of nitrogens with zero attached hydrogens (tertiary/aromatic N) is 1. The smallest absolute Gasteiger partial charge is 0.266 e. The van der Waals surface area contributed by atoms with Crippen LogP contribution in [0.5, 0.6) is 11.5 Å². The number of hydrogen-bond acceptors (Lipinski definition) is 4. The summed E-state index contributed by atoms with van der Waals surface area (Å²) in [5.74, 6) is 0.140. The molecule has 0 atom stereocenters. The fourth-order valence-corrected chi connectivity index (χ4v) is 3.02.